The molecule has 3 aromatic carbocycles. The third-order valence-electron chi connectivity index (χ3n) is 3.73. The third kappa shape index (κ3) is 4.58. The zero-order chi connectivity index (χ0) is 19.4. The van der Waals surface area contributed by atoms with Crippen LogP contribution in [0.1, 0.15) is 20.7 Å². The fraction of sp³-hybridized carbons (Fsp3) is 0. The summed E-state index contributed by atoms with van der Waals surface area (Å²) in [5, 5.41) is 15.8. The average molecular weight is 401 g/mol. The molecule has 0 saturated carbocycles. The molecule has 0 fully saturated rings. The Hall–Kier alpha value is -3.02. The first kappa shape index (κ1) is 18.8. The Balaban J connectivity index is 1.67. The second kappa shape index (κ2) is 8.12. The van der Waals surface area contributed by atoms with Gasteiger partial charge in [0.2, 0.25) is 0 Å². The summed E-state index contributed by atoms with van der Waals surface area (Å²) in [6, 6.07) is 17.4. The monoisotopic (exact) mass is 400 g/mol. The van der Waals surface area contributed by atoms with Crippen molar-refractivity contribution in [2.24, 2.45) is 0 Å². The summed E-state index contributed by atoms with van der Waals surface area (Å²) in [6.07, 6.45) is 0. The second-order valence-corrected chi connectivity index (χ2v) is 6.47. The van der Waals surface area contributed by atoms with Crippen LogP contribution in [0.3, 0.4) is 0 Å². The van der Waals surface area contributed by atoms with Crippen LogP contribution in [-0.2, 0) is 0 Å². The van der Waals surface area contributed by atoms with Crippen molar-refractivity contribution >= 4 is 46.4 Å². The van der Waals surface area contributed by atoms with Crippen LogP contribution in [0.25, 0.3) is 0 Å². The highest BCUT2D eigenvalue weighted by Gasteiger charge is 2.12. The highest BCUT2D eigenvalue weighted by Crippen LogP contribution is 2.23. The van der Waals surface area contributed by atoms with E-state index in [9.17, 15) is 14.7 Å². The van der Waals surface area contributed by atoms with E-state index < -0.39 is 5.91 Å². The molecule has 0 saturated heterocycles. The predicted octanol–water partition coefficient (Wildman–Crippen LogP) is 5.20. The molecule has 27 heavy (non-hydrogen) atoms. The molecule has 7 heteroatoms. The lowest BCUT2D eigenvalue weighted by Crippen LogP contribution is -2.13. The number of para-hydroxylation sites is 1. The van der Waals surface area contributed by atoms with Crippen molar-refractivity contribution in [1.82, 2.24) is 0 Å². The second-order valence-electron chi connectivity index (χ2n) is 5.63. The van der Waals surface area contributed by atoms with Gasteiger partial charge in [0.15, 0.2) is 0 Å². The number of hydrogen-bond acceptors (Lipinski definition) is 3. The number of halogens is 2. The number of anilines is 2. The molecule has 2 amide bonds. The van der Waals surface area contributed by atoms with Gasteiger partial charge < -0.3 is 15.7 Å². The molecule has 3 rings (SSSR count). The standard InChI is InChI=1S/C20H14Cl2N2O3/c21-12-5-10-15(17(22)11-12)19(26)23-13-6-8-14(9-7-13)24-20(27)16-3-1-2-4-18(16)25/h1-11,25H,(H,23,26)(H,24,27). The largest absolute Gasteiger partial charge is 0.507 e. The molecule has 5 nitrogen and oxygen atoms in total. The van der Waals surface area contributed by atoms with Gasteiger partial charge in [-0.15, -0.1) is 0 Å². The number of phenols is 1. The Morgan fingerprint density at radius 3 is 1.85 bits per heavy atom. The molecular weight excluding hydrogens is 387 g/mol. The summed E-state index contributed by atoms with van der Waals surface area (Å²) >= 11 is 11.9. The van der Waals surface area contributed by atoms with Crippen LogP contribution >= 0.6 is 23.2 Å². The van der Waals surface area contributed by atoms with E-state index in [4.69, 9.17) is 23.2 Å². The van der Waals surface area contributed by atoms with Gasteiger partial charge in [-0.3, -0.25) is 9.59 Å². The fourth-order valence-electron chi connectivity index (χ4n) is 2.37. The first-order chi connectivity index (χ1) is 12.9. The molecule has 3 aromatic rings. The minimum absolute atomic E-state index is 0.0984. The molecular formula is C20H14Cl2N2O3. The first-order valence-corrected chi connectivity index (χ1v) is 8.65. The summed E-state index contributed by atoms with van der Waals surface area (Å²) in [5.74, 6) is -0.904. The Labute approximate surface area is 165 Å². The number of phenolic OH excluding ortho intramolecular Hbond substituents is 1. The minimum atomic E-state index is -0.433. The van der Waals surface area contributed by atoms with Gasteiger partial charge in [-0.05, 0) is 54.6 Å². The van der Waals surface area contributed by atoms with Gasteiger partial charge in [-0.2, -0.15) is 0 Å². The Morgan fingerprint density at radius 1 is 0.741 bits per heavy atom. The summed E-state index contributed by atoms with van der Waals surface area (Å²) in [5.41, 5.74) is 1.53. The lowest BCUT2D eigenvalue weighted by Gasteiger charge is -2.09. The van der Waals surface area contributed by atoms with Gasteiger partial charge in [0, 0.05) is 16.4 Å². The number of nitrogens with one attached hydrogen (secondary N) is 2. The van der Waals surface area contributed by atoms with E-state index in [1.807, 2.05) is 0 Å². The normalized spacial score (nSPS) is 10.3. The van der Waals surface area contributed by atoms with Crippen LogP contribution in [0.5, 0.6) is 5.75 Å². The third-order valence-corrected chi connectivity index (χ3v) is 4.27. The minimum Gasteiger partial charge on any atom is -0.507 e. The molecule has 0 aromatic heterocycles. The molecule has 0 spiro atoms. The van der Waals surface area contributed by atoms with Gasteiger partial charge in [-0.1, -0.05) is 35.3 Å². The highest BCUT2D eigenvalue weighted by molar-refractivity contribution is 6.37. The number of benzene rings is 3. The van der Waals surface area contributed by atoms with Crippen LogP contribution < -0.4 is 10.6 Å². The fourth-order valence-corrected chi connectivity index (χ4v) is 2.87. The van der Waals surface area contributed by atoms with Gasteiger partial charge in [0.1, 0.15) is 5.75 Å². The smallest absolute Gasteiger partial charge is 0.259 e. The van der Waals surface area contributed by atoms with Crippen molar-refractivity contribution in [2.75, 3.05) is 10.6 Å². The van der Waals surface area contributed by atoms with Gasteiger partial charge in [0.05, 0.1) is 16.1 Å². The maximum Gasteiger partial charge on any atom is 0.259 e. The summed E-state index contributed by atoms with van der Waals surface area (Å²) in [7, 11) is 0. The number of amides is 2. The average Bonchev–Trinajstić information content (AvgIpc) is 2.63. The van der Waals surface area contributed by atoms with E-state index >= 15 is 0 Å². The highest BCUT2D eigenvalue weighted by atomic mass is 35.5. The molecule has 0 atom stereocenters. The molecule has 0 aliphatic heterocycles. The van der Waals surface area contributed by atoms with Gasteiger partial charge in [0.25, 0.3) is 11.8 Å². The number of aromatic hydroxyl groups is 1. The first-order valence-electron chi connectivity index (χ1n) is 7.90. The summed E-state index contributed by atoms with van der Waals surface area (Å²) in [6.45, 7) is 0. The summed E-state index contributed by atoms with van der Waals surface area (Å²) < 4.78 is 0. The molecule has 0 aliphatic rings. The van der Waals surface area contributed by atoms with Crippen LogP contribution in [0, 0.1) is 0 Å². The van der Waals surface area contributed by atoms with Gasteiger partial charge >= 0.3 is 0 Å². The van der Waals surface area contributed by atoms with E-state index in [0.717, 1.165) is 0 Å². The Kier molecular flexibility index (Phi) is 5.64. The lowest BCUT2D eigenvalue weighted by molar-refractivity contribution is 0.101. The van der Waals surface area contributed by atoms with E-state index in [-0.39, 0.29) is 22.2 Å². The summed E-state index contributed by atoms with van der Waals surface area (Å²) in [4.78, 5) is 24.5. The molecule has 0 unspecified atom stereocenters. The van der Waals surface area contributed by atoms with Crippen molar-refractivity contribution in [3.05, 3.63) is 87.9 Å². The van der Waals surface area contributed by atoms with E-state index in [1.54, 1.807) is 48.5 Å². The molecule has 3 N–H and O–H groups in total. The van der Waals surface area contributed by atoms with Gasteiger partial charge in [-0.25, -0.2) is 0 Å². The van der Waals surface area contributed by atoms with Crippen molar-refractivity contribution in [3.63, 3.8) is 0 Å². The van der Waals surface area contributed by atoms with E-state index in [1.165, 1.54) is 18.2 Å². The molecule has 0 bridgehead atoms. The van der Waals surface area contributed by atoms with Crippen LogP contribution in [0.2, 0.25) is 10.0 Å². The molecule has 0 heterocycles. The van der Waals surface area contributed by atoms with Crippen molar-refractivity contribution in [2.45, 2.75) is 0 Å². The molecule has 136 valence electrons. The van der Waals surface area contributed by atoms with Crippen LogP contribution in [-0.4, -0.2) is 16.9 Å². The van der Waals surface area contributed by atoms with Crippen molar-refractivity contribution in [3.8, 4) is 5.75 Å². The number of rotatable bonds is 4. The molecule has 0 radical (unpaired) electrons. The zero-order valence-electron chi connectivity index (χ0n) is 13.9. The Bertz CT molecular complexity index is 1000. The van der Waals surface area contributed by atoms with E-state index in [2.05, 4.69) is 10.6 Å². The molecule has 0 aliphatic carbocycles. The van der Waals surface area contributed by atoms with E-state index in [0.29, 0.717) is 22.0 Å². The maximum absolute atomic E-state index is 12.3. The lowest BCUT2D eigenvalue weighted by atomic mass is 10.1. The maximum atomic E-state index is 12.3. The van der Waals surface area contributed by atoms with Crippen LogP contribution in [0.15, 0.2) is 66.7 Å². The Morgan fingerprint density at radius 2 is 1.30 bits per heavy atom. The topological polar surface area (TPSA) is 78.4 Å². The number of hydrogen-bond donors (Lipinski definition) is 3. The van der Waals surface area contributed by atoms with Crippen molar-refractivity contribution in [1.29, 1.82) is 0 Å². The SMILES string of the molecule is O=C(Nc1ccc(NC(=O)c2ccc(Cl)cc2Cl)cc1)c1ccccc1O. The van der Waals surface area contributed by atoms with Crippen LogP contribution in [0.4, 0.5) is 11.4 Å². The predicted molar refractivity (Wildman–Crippen MR) is 107 cm³/mol. The quantitative estimate of drug-likeness (QED) is 0.562. The number of carbonyl (C=O) groups is 2. The van der Waals surface area contributed by atoms with Crippen molar-refractivity contribution < 1.29 is 14.7 Å². The zero-order valence-corrected chi connectivity index (χ0v) is 15.4. The number of carbonyl (C=O) groups excluding carboxylic acids is 2.